The van der Waals surface area contributed by atoms with Crippen molar-refractivity contribution in [2.75, 3.05) is 37.0 Å². The van der Waals surface area contributed by atoms with Crippen LogP contribution < -0.4 is 10.2 Å². The molecule has 0 unspecified atom stereocenters. The number of nitrogens with zero attached hydrogens (tertiary/aromatic N) is 1. The van der Waals surface area contributed by atoms with Crippen molar-refractivity contribution in [2.24, 2.45) is 0 Å². The second-order valence-corrected chi connectivity index (χ2v) is 5.87. The molecule has 1 N–H and O–H groups in total. The van der Waals surface area contributed by atoms with Gasteiger partial charge in [0.15, 0.2) is 0 Å². The standard InChI is InChI=1S/C13H21BrN2S/c1-4-15-10-11-9-12(14)5-6-13(11)16(2)7-8-17-3/h5-6,9,15H,4,7-8,10H2,1-3H3. The Kier molecular flexibility index (Phi) is 7.00. The molecule has 0 heterocycles. The van der Waals surface area contributed by atoms with Crippen LogP contribution in [0.5, 0.6) is 0 Å². The van der Waals surface area contributed by atoms with E-state index in [1.165, 1.54) is 11.3 Å². The molecule has 0 radical (unpaired) electrons. The quantitative estimate of drug-likeness (QED) is 0.830. The van der Waals surface area contributed by atoms with E-state index >= 15 is 0 Å². The van der Waals surface area contributed by atoms with Gasteiger partial charge in [-0.1, -0.05) is 22.9 Å². The van der Waals surface area contributed by atoms with Crippen molar-refractivity contribution in [1.29, 1.82) is 0 Å². The fourth-order valence-corrected chi connectivity index (χ4v) is 2.54. The lowest BCUT2D eigenvalue weighted by atomic mass is 10.1. The van der Waals surface area contributed by atoms with Crippen LogP contribution in [0.25, 0.3) is 0 Å². The van der Waals surface area contributed by atoms with Gasteiger partial charge in [0.1, 0.15) is 0 Å². The molecule has 0 saturated heterocycles. The predicted molar refractivity (Wildman–Crippen MR) is 83.2 cm³/mol. The average molecular weight is 317 g/mol. The van der Waals surface area contributed by atoms with E-state index in [1.807, 2.05) is 11.8 Å². The normalized spacial score (nSPS) is 10.6. The van der Waals surface area contributed by atoms with E-state index in [-0.39, 0.29) is 0 Å². The van der Waals surface area contributed by atoms with Gasteiger partial charge < -0.3 is 10.2 Å². The summed E-state index contributed by atoms with van der Waals surface area (Å²) in [6, 6.07) is 6.50. The zero-order chi connectivity index (χ0) is 12.7. The van der Waals surface area contributed by atoms with Gasteiger partial charge in [-0.3, -0.25) is 0 Å². The highest BCUT2D eigenvalue weighted by atomic mass is 79.9. The second kappa shape index (κ2) is 8.01. The number of benzene rings is 1. The Labute approximate surface area is 117 Å². The first-order valence-corrected chi connectivity index (χ1v) is 8.07. The van der Waals surface area contributed by atoms with Crippen LogP contribution >= 0.6 is 27.7 Å². The van der Waals surface area contributed by atoms with Crippen LogP contribution in [0.1, 0.15) is 12.5 Å². The number of anilines is 1. The summed E-state index contributed by atoms with van der Waals surface area (Å²) >= 11 is 5.42. The maximum absolute atomic E-state index is 3.54. The van der Waals surface area contributed by atoms with E-state index < -0.39 is 0 Å². The molecular weight excluding hydrogens is 296 g/mol. The summed E-state index contributed by atoms with van der Waals surface area (Å²) in [6.45, 7) is 5.15. The fraction of sp³-hybridized carbons (Fsp3) is 0.538. The molecule has 0 aromatic heterocycles. The SMILES string of the molecule is CCNCc1cc(Br)ccc1N(C)CCSC. The first-order valence-electron chi connectivity index (χ1n) is 5.88. The van der Waals surface area contributed by atoms with Gasteiger partial charge in [0.2, 0.25) is 0 Å². The van der Waals surface area contributed by atoms with Crippen LogP contribution in [0.15, 0.2) is 22.7 Å². The van der Waals surface area contributed by atoms with E-state index in [0.29, 0.717) is 0 Å². The van der Waals surface area contributed by atoms with Crippen LogP contribution in [0.2, 0.25) is 0 Å². The molecular formula is C13H21BrN2S. The molecule has 2 nitrogen and oxygen atoms in total. The molecule has 0 atom stereocenters. The van der Waals surface area contributed by atoms with Gasteiger partial charge in [-0.25, -0.2) is 0 Å². The fourth-order valence-electron chi connectivity index (χ4n) is 1.68. The molecule has 0 bridgehead atoms. The Morgan fingerprint density at radius 2 is 2.18 bits per heavy atom. The van der Waals surface area contributed by atoms with Crippen LogP contribution in [-0.2, 0) is 6.54 Å². The minimum Gasteiger partial charge on any atom is -0.374 e. The highest BCUT2D eigenvalue weighted by Crippen LogP contribution is 2.24. The van der Waals surface area contributed by atoms with Crippen LogP contribution in [0.3, 0.4) is 0 Å². The average Bonchev–Trinajstić information content (AvgIpc) is 2.33. The van der Waals surface area contributed by atoms with Gasteiger partial charge in [0.05, 0.1) is 0 Å². The van der Waals surface area contributed by atoms with Gasteiger partial charge >= 0.3 is 0 Å². The molecule has 1 aromatic carbocycles. The Morgan fingerprint density at radius 1 is 1.41 bits per heavy atom. The molecule has 1 rings (SSSR count). The maximum atomic E-state index is 3.54. The van der Waals surface area contributed by atoms with E-state index in [9.17, 15) is 0 Å². The van der Waals surface area contributed by atoms with E-state index in [2.05, 4.69) is 64.6 Å². The summed E-state index contributed by atoms with van der Waals surface area (Å²) in [5, 5.41) is 3.39. The zero-order valence-corrected chi connectivity index (χ0v) is 13.2. The minimum absolute atomic E-state index is 0.925. The van der Waals surface area contributed by atoms with Crippen LogP contribution in [0, 0.1) is 0 Å². The van der Waals surface area contributed by atoms with Crippen molar-refractivity contribution >= 4 is 33.4 Å². The lowest BCUT2D eigenvalue weighted by molar-refractivity contribution is 0.724. The molecule has 0 aliphatic carbocycles. The van der Waals surface area contributed by atoms with Gasteiger partial charge in [-0.15, -0.1) is 0 Å². The molecule has 96 valence electrons. The molecule has 0 aliphatic rings. The van der Waals surface area contributed by atoms with Crippen LogP contribution in [-0.4, -0.2) is 32.1 Å². The monoisotopic (exact) mass is 316 g/mol. The van der Waals surface area contributed by atoms with Crippen molar-refractivity contribution in [3.05, 3.63) is 28.2 Å². The Morgan fingerprint density at radius 3 is 2.82 bits per heavy atom. The van der Waals surface area contributed by atoms with Gasteiger partial charge in [0, 0.05) is 36.1 Å². The number of hydrogen-bond acceptors (Lipinski definition) is 3. The number of thioether (sulfide) groups is 1. The molecule has 0 spiro atoms. The lowest BCUT2D eigenvalue weighted by Crippen LogP contribution is -2.23. The van der Waals surface area contributed by atoms with Crippen molar-refractivity contribution < 1.29 is 0 Å². The minimum atomic E-state index is 0.925. The smallest absolute Gasteiger partial charge is 0.0410 e. The number of halogens is 1. The van der Waals surface area contributed by atoms with Crippen molar-refractivity contribution in [3.63, 3.8) is 0 Å². The third-order valence-electron chi connectivity index (χ3n) is 2.65. The molecule has 17 heavy (non-hydrogen) atoms. The van der Waals surface area contributed by atoms with E-state index in [0.717, 1.165) is 29.9 Å². The predicted octanol–water partition coefficient (Wildman–Crippen LogP) is 3.36. The van der Waals surface area contributed by atoms with Gasteiger partial charge in [-0.2, -0.15) is 11.8 Å². The summed E-state index contributed by atoms with van der Waals surface area (Å²) in [5.41, 5.74) is 2.67. The van der Waals surface area contributed by atoms with E-state index in [4.69, 9.17) is 0 Å². The topological polar surface area (TPSA) is 15.3 Å². The first kappa shape index (κ1) is 14.9. The summed E-state index contributed by atoms with van der Waals surface area (Å²) in [6.07, 6.45) is 2.15. The van der Waals surface area contributed by atoms with E-state index in [1.54, 1.807) is 0 Å². The summed E-state index contributed by atoms with van der Waals surface area (Å²) in [4.78, 5) is 2.33. The Balaban J connectivity index is 2.80. The summed E-state index contributed by atoms with van der Waals surface area (Å²) < 4.78 is 1.15. The Hall–Kier alpha value is -0.190. The highest BCUT2D eigenvalue weighted by molar-refractivity contribution is 9.10. The number of nitrogens with one attached hydrogen (secondary N) is 1. The zero-order valence-electron chi connectivity index (χ0n) is 10.8. The lowest BCUT2D eigenvalue weighted by Gasteiger charge is -2.22. The largest absolute Gasteiger partial charge is 0.374 e. The summed E-state index contributed by atoms with van der Waals surface area (Å²) in [5.74, 6) is 1.16. The molecule has 0 aliphatic heterocycles. The van der Waals surface area contributed by atoms with Crippen molar-refractivity contribution in [1.82, 2.24) is 5.32 Å². The highest BCUT2D eigenvalue weighted by Gasteiger charge is 2.07. The number of hydrogen-bond donors (Lipinski definition) is 1. The second-order valence-electron chi connectivity index (χ2n) is 3.97. The Bertz CT molecular complexity index is 344. The van der Waals surface area contributed by atoms with Gasteiger partial charge in [-0.05, 0) is 36.6 Å². The van der Waals surface area contributed by atoms with Gasteiger partial charge in [0.25, 0.3) is 0 Å². The molecule has 0 fully saturated rings. The molecule has 1 aromatic rings. The van der Waals surface area contributed by atoms with Crippen molar-refractivity contribution in [2.45, 2.75) is 13.5 Å². The van der Waals surface area contributed by atoms with Crippen molar-refractivity contribution in [3.8, 4) is 0 Å². The molecule has 4 heteroatoms. The van der Waals surface area contributed by atoms with Crippen LogP contribution in [0.4, 0.5) is 5.69 Å². The first-order chi connectivity index (χ1) is 8.19. The third kappa shape index (κ3) is 4.90. The molecule has 0 saturated carbocycles. The maximum Gasteiger partial charge on any atom is 0.0410 e. The molecule has 0 amide bonds. The third-order valence-corrected chi connectivity index (χ3v) is 3.73. The summed E-state index contributed by atoms with van der Waals surface area (Å²) in [7, 11) is 2.16. The number of rotatable bonds is 7.